The molecule has 1 amide bonds. The first-order valence-corrected chi connectivity index (χ1v) is 11.3. The van der Waals surface area contributed by atoms with Crippen LogP contribution in [0.4, 0.5) is 20.6 Å². The number of carbonyl (C=O) groups is 1. The molecule has 0 aliphatic carbocycles. The van der Waals surface area contributed by atoms with Gasteiger partial charge < -0.3 is 24.5 Å². The van der Waals surface area contributed by atoms with Crippen molar-refractivity contribution < 1.29 is 28.6 Å². The van der Waals surface area contributed by atoms with Gasteiger partial charge in [0, 0.05) is 17.1 Å². The average molecular weight is 544 g/mol. The molecule has 1 saturated heterocycles. The van der Waals surface area contributed by atoms with Crippen LogP contribution in [0.25, 0.3) is 11.0 Å². The molecule has 4 rings (SSSR count). The quantitative estimate of drug-likeness (QED) is 0.283. The summed E-state index contributed by atoms with van der Waals surface area (Å²) >= 11 is 9.61. The molecule has 33 heavy (non-hydrogen) atoms. The number of nitrogens with one attached hydrogen (secondary N) is 2. The van der Waals surface area contributed by atoms with Crippen molar-refractivity contribution in [3.8, 4) is 5.75 Å². The zero-order valence-electron chi connectivity index (χ0n) is 17.3. The molecular formula is C21H21BrClFN4O5. The molecular weight excluding hydrogens is 523 g/mol. The summed E-state index contributed by atoms with van der Waals surface area (Å²) in [6.07, 6.45) is 2.41. The Bertz CT molecular complexity index is 1160. The standard InChI is InChI=1S/C21H21BrClFN4O5/c22-12-3-4-15(14(23)8-12)26-20-17(33-21(30)27-32-7-5-29)9-16-19(18(20)24)25-11-28(16)10-13-2-1-6-31-13/h3-4,8-9,11,13,26,29H,1-2,5-7,10H2,(H,27,30). The summed E-state index contributed by atoms with van der Waals surface area (Å²) in [4.78, 5) is 21.2. The fourth-order valence-electron chi connectivity index (χ4n) is 3.49. The van der Waals surface area contributed by atoms with E-state index in [1.165, 1.54) is 12.4 Å². The Morgan fingerprint density at radius 2 is 2.27 bits per heavy atom. The largest absolute Gasteiger partial charge is 0.436 e. The molecule has 1 unspecified atom stereocenters. The maximum atomic E-state index is 15.6. The van der Waals surface area contributed by atoms with Gasteiger partial charge in [-0.1, -0.05) is 27.5 Å². The molecule has 2 aromatic carbocycles. The first-order valence-electron chi connectivity index (χ1n) is 10.2. The van der Waals surface area contributed by atoms with Crippen LogP contribution in [0.1, 0.15) is 12.8 Å². The summed E-state index contributed by atoms with van der Waals surface area (Å²) in [5.74, 6) is -0.810. The summed E-state index contributed by atoms with van der Waals surface area (Å²) in [6.45, 7) is 0.761. The zero-order chi connectivity index (χ0) is 23.4. The van der Waals surface area contributed by atoms with Crippen molar-refractivity contribution in [2.24, 2.45) is 0 Å². The summed E-state index contributed by atoms with van der Waals surface area (Å²) in [5, 5.41) is 12.0. The number of amides is 1. The number of aromatic nitrogens is 2. The van der Waals surface area contributed by atoms with Gasteiger partial charge in [0.25, 0.3) is 0 Å². The number of hydroxylamine groups is 1. The predicted molar refractivity (Wildman–Crippen MR) is 123 cm³/mol. The fourth-order valence-corrected chi connectivity index (χ4v) is 4.21. The number of imidazole rings is 1. The van der Waals surface area contributed by atoms with E-state index in [9.17, 15) is 4.79 Å². The fraction of sp³-hybridized carbons (Fsp3) is 0.333. The smallest absolute Gasteiger partial charge is 0.406 e. The van der Waals surface area contributed by atoms with Crippen LogP contribution >= 0.6 is 27.5 Å². The highest BCUT2D eigenvalue weighted by Crippen LogP contribution is 2.38. The van der Waals surface area contributed by atoms with Gasteiger partial charge in [0.15, 0.2) is 11.6 Å². The van der Waals surface area contributed by atoms with Crippen LogP contribution in [0.3, 0.4) is 0 Å². The van der Waals surface area contributed by atoms with E-state index >= 15 is 4.39 Å². The van der Waals surface area contributed by atoms with Gasteiger partial charge in [0.05, 0.1) is 48.4 Å². The van der Waals surface area contributed by atoms with Crippen molar-refractivity contribution in [1.29, 1.82) is 0 Å². The number of anilines is 2. The lowest BCUT2D eigenvalue weighted by Crippen LogP contribution is -2.28. The second kappa shape index (κ2) is 10.7. The molecule has 1 atom stereocenters. The first-order chi connectivity index (χ1) is 16.0. The Kier molecular flexibility index (Phi) is 7.66. The number of carbonyl (C=O) groups excluding carboxylic acids is 1. The molecule has 3 aromatic rings. The molecule has 1 aliphatic rings. The highest BCUT2D eigenvalue weighted by atomic mass is 79.9. The van der Waals surface area contributed by atoms with Gasteiger partial charge in [-0.25, -0.2) is 14.2 Å². The first kappa shape index (κ1) is 23.7. The van der Waals surface area contributed by atoms with Crippen molar-refractivity contribution in [1.82, 2.24) is 15.0 Å². The Balaban J connectivity index is 1.71. The van der Waals surface area contributed by atoms with Crippen LogP contribution in [-0.4, -0.2) is 46.7 Å². The van der Waals surface area contributed by atoms with Crippen molar-refractivity contribution in [2.75, 3.05) is 25.1 Å². The van der Waals surface area contributed by atoms with Crippen molar-refractivity contribution in [3.63, 3.8) is 0 Å². The second-order valence-corrected chi connectivity index (χ2v) is 8.60. The maximum absolute atomic E-state index is 15.6. The third kappa shape index (κ3) is 5.56. The highest BCUT2D eigenvalue weighted by Gasteiger charge is 2.23. The van der Waals surface area contributed by atoms with E-state index in [-0.39, 0.29) is 36.3 Å². The van der Waals surface area contributed by atoms with E-state index < -0.39 is 11.9 Å². The lowest BCUT2D eigenvalue weighted by molar-refractivity contribution is 0.0246. The third-order valence-corrected chi connectivity index (χ3v) is 5.79. The highest BCUT2D eigenvalue weighted by molar-refractivity contribution is 9.10. The van der Waals surface area contributed by atoms with E-state index in [0.717, 1.165) is 17.3 Å². The second-order valence-electron chi connectivity index (χ2n) is 7.28. The third-order valence-electron chi connectivity index (χ3n) is 4.99. The van der Waals surface area contributed by atoms with Crippen molar-refractivity contribution >= 4 is 56.0 Å². The van der Waals surface area contributed by atoms with Gasteiger partial charge in [-0.2, -0.15) is 5.48 Å². The van der Waals surface area contributed by atoms with Gasteiger partial charge >= 0.3 is 6.09 Å². The number of nitrogens with zero attached hydrogens (tertiary/aromatic N) is 2. The minimum atomic E-state index is -0.989. The number of rotatable bonds is 8. The molecule has 1 aromatic heterocycles. The van der Waals surface area contributed by atoms with E-state index in [1.807, 2.05) is 5.48 Å². The molecule has 1 aliphatic heterocycles. The van der Waals surface area contributed by atoms with Crippen LogP contribution in [0.2, 0.25) is 5.02 Å². The minimum Gasteiger partial charge on any atom is -0.406 e. The number of fused-ring (bicyclic) bond motifs is 1. The van der Waals surface area contributed by atoms with Gasteiger partial charge in [-0.3, -0.25) is 4.84 Å². The molecule has 0 radical (unpaired) electrons. The van der Waals surface area contributed by atoms with Crippen LogP contribution in [0.15, 0.2) is 35.1 Å². The van der Waals surface area contributed by atoms with E-state index in [2.05, 4.69) is 26.2 Å². The maximum Gasteiger partial charge on any atom is 0.436 e. The van der Waals surface area contributed by atoms with Gasteiger partial charge in [0.2, 0.25) is 0 Å². The molecule has 0 spiro atoms. The molecule has 9 nitrogen and oxygen atoms in total. The molecule has 0 saturated carbocycles. The Morgan fingerprint density at radius 1 is 1.42 bits per heavy atom. The topological polar surface area (TPSA) is 107 Å². The monoisotopic (exact) mass is 542 g/mol. The minimum absolute atomic E-state index is 0.00406. The van der Waals surface area contributed by atoms with Crippen LogP contribution in [-0.2, 0) is 16.1 Å². The summed E-state index contributed by atoms with van der Waals surface area (Å²) in [7, 11) is 0. The molecule has 0 bridgehead atoms. The van der Waals surface area contributed by atoms with Gasteiger partial charge in [-0.05, 0) is 31.0 Å². The summed E-state index contributed by atoms with van der Waals surface area (Å²) in [6, 6.07) is 6.55. The predicted octanol–water partition coefficient (Wildman–Crippen LogP) is 4.53. The number of aliphatic hydroxyl groups is 1. The van der Waals surface area contributed by atoms with Crippen molar-refractivity contribution in [2.45, 2.75) is 25.5 Å². The average Bonchev–Trinajstić information content (AvgIpc) is 3.43. The molecule has 12 heteroatoms. The zero-order valence-corrected chi connectivity index (χ0v) is 19.7. The Labute approximate surface area is 201 Å². The number of benzene rings is 2. The Hall–Kier alpha value is -2.44. The van der Waals surface area contributed by atoms with E-state index in [4.69, 9.17) is 31.0 Å². The summed E-state index contributed by atoms with van der Waals surface area (Å²) < 4.78 is 29.1. The van der Waals surface area contributed by atoms with Gasteiger partial charge in [0.1, 0.15) is 11.2 Å². The number of hydrogen-bond acceptors (Lipinski definition) is 7. The van der Waals surface area contributed by atoms with Gasteiger partial charge in [-0.15, -0.1) is 0 Å². The number of hydrogen-bond donors (Lipinski definition) is 3. The van der Waals surface area contributed by atoms with E-state index in [1.54, 1.807) is 22.8 Å². The lowest BCUT2D eigenvalue weighted by atomic mass is 10.2. The van der Waals surface area contributed by atoms with Crippen LogP contribution in [0.5, 0.6) is 5.75 Å². The molecule has 2 heterocycles. The molecule has 1 fully saturated rings. The number of aliphatic hydroxyl groups excluding tert-OH is 1. The summed E-state index contributed by atoms with van der Waals surface area (Å²) in [5.41, 5.74) is 2.86. The molecule has 176 valence electrons. The normalized spacial score (nSPS) is 15.7. The number of ether oxygens (including phenoxy) is 2. The molecule has 3 N–H and O–H groups in total. The van der Waals surface area contributed by atoms with E-state index in [0.29, 0.717) is 29.4 Å². The lowest BCUT2D eigenvalue weighted by Gasteiger charge is -2.16. The van der Waals surface area contributed by atoms with Crippen LogP contribution in [0, 0.1) is 5.82 Å². The SMILES string of the molecule is O=C(NOCCO)Oc1cc2c(ncn2CC2CCCO2)c(F)c1Nc1ccc(Br)cc1Cl. The number of halogens is 3. The Morgan fingerprint density at radius 3 is 3.00 bits per heavy atom. The van der Waals surface area contributed by atoms with Crippen LogP contribution < -0.4 is 15.5 Å². The van der Waals surface area contributed by atoms with Crippen molar-refractivity contribution in [3.05, 3.63) is 45.9 Å².